The molecule has 1 aromatic carbocycles. The molecular weight excluding hydrogens is 406 g/mol. The smallest absolute Gasteiger partial charge is 0.164 e. The lowest BCUT2D eigenvalue weighted by molar-refractivity contribution is 0.114. The Morgan fingerprint density at radius 1 is 1.19 bits per heavy atom. The maximum atomic E-state index is 9.66. The van der Waals surface area contributed by atoms with Crippen molar-refractivity contribution < 1.29 is 9.84 Å². The number of nitrogens with two attached hydrogens (primary N) is 1. The maximum absolute atomic E-state index is 9.66. The number of nitrogens with zero attached hydrogens (tertiary/aromatic N) is 3. The van der Waals surface area contributed by atoms with Crippen LogP contribution >= 0.6 is 0 Å². The molecule has 1 aliphatic carbocycles. The summed E-state index contributed by atoms with van der Waals surface area (Å²) in [6.07, 6.45) is 6.21. The molecule has 9 heteroatoms. The van der Waals surface area contributed by atoms with Gasteiger partial charge in [-0.05, 0) is 42.7 Å². The summed E-state index contributed by atoms with van der Waals surface area (Å²) in [5.41, 5.74) is 7.89. The fourth-order valence-electron chi connectivity index (χ4n) is 3.07. The van der Waals surface area contributed by atoms with Crippen LogP contribution in [0.2, 0.25) is 0 Å². The van der Waals surface area contributed by atoms with Crippen molar-refractivity contribution in [1.82, 2.24) is 15.0 Å². The molecule has 1 aliphatic rings. The summed E-state index contributed by atoms with van der Waals surface area (Å²) < 4.78 is 5.65. The molecule has 6 N–H and O–H groups in total. The lowest BCUT2D eigenvalue weighted by atomic mass is 10.2. The summed E-state index contributed by atoms with van der Waals surface area (Å²) in [4.78, 5) is 13.5. The van der Waals surface area contributed by atoms with Gasteiger partial charge in [-0.2, -0.15) is 0 Å². The lowest BCUT2D eigenvalue weighted by Gasteiger charge is -2.16. The van der Waals surface area contributed by atoms with E-state index >= 15 is 0 Å². The van der Waals surface area contributed by atoms with Crippen molar-refractivity contribution in [3.63, 3.8) is 0 Å². The molecule has 3 aromatic rings. The van der Waals surface area contributed by atoms with E-state index in [2.05, 4.69) is 15.6 Å². The molecule has 0 saturated heterocycles. The number of nitrogens with one attached hydrogen (secondary N) is 3. The van der Waals surface area contributed by atoms with E-state index in [9.17, 15) is 5.11 Å². The van der Waals surface area contributed by atoms with Crippen molar-refractivity contribution in [2.75, 3.05) is 23.8 Å². The van der Waals surface area contributed by atoms with Gasteiger partial charge >= 0.3 is 0 Å². The van der Waals surface area contributed by atoms with Crippen LogP contribution in [0.5, 0.6) is 5.75 Å². The second kappa shape index (κ2) is 10.2. The van der Waals surface area contributed by atoms with E-state index in [0.717, 1.165) is 24.0 Å². The van der Waals surface area contributed by atoms with Crippen molar-refractivity contribution in [3.8, 4) is 17.1 Å². The third-order valence-electron chi connectivity index (χ3n) is 5.02. The number of hydrogen-bond acceptors (Lipinski definition) is 9. The van der Waals surface area contributed by atoms with Crippen molar-refractivity contribution in [2.45, 2.75) is 31.5 Å². The zero-order valence-corrected chi connectivity index (χ0v) is 17.7. The first-order chi connectivity index (χ1) is 15.7. The van der Waals surface area contributed by atoms with Gasteiger partial charge in [0.1, 0.15) is 30.1 Å². The highest BCUT2D eigenvalue weighted by molar-refractivity contribution is 5.91. The first kappa shape index (κ1) is 21.7. The van der Waals surface area contributed by atoms with Crippen molar-refractivity contribution in [2.24, 2.45) is 5.73 Å². The number of aliphatic hydroxyl groups is 1. The first-order valence-corrected chi connectivity index (χ1v) is 10.6. The second-order valence-corrected chi connectivity index (χ2v) is 7.66. The predicted octanol–water partition coefficient (Wildman–Crippen LogP) is 2.42. The third-order valence-corrected chi connectivity index (χ3v) is 5.02. The summed E-state index contributed by atoms with van der Waals surface area (Å²) in [6.45, 7) is 0.792. The van der Waals surface area contributed by atoms with Gasteiger partial charge in [-0.15, -0.1) is 0 Å². The lowest BCUT2D eigenvalue weighted by Crippen LogP contribution is -2.26. The van der Waals surface area contributed by atoms with E-state index in [1.165, 1.54) is 6.21 Å². The number of rotatable bonds is 11. The summed E-state index contributed by atoms with van der Waals surface area (Å²) >= 11 is 0. The minimum atomic E-state index is -0.722. The standard InChI is InChI=1S/C23H27N7O2/c24-11-18(31)14-32-19-3-1-2-16(10-19)21-29-22(27-13-15-6-8-26-9-7-15)20(12-25)23(30-21)28-17-4-5-17/h1-3,6-10,12,17-18,25,31H,4-5,11,13-14,24H2,(H2,27,28,29,30). The van der Waals surface area contributed by atoms with Gasteiger partial charge in [0.2, 0.25) is 0 Å². The van der Waals surface area contributed by atoms with Crippen LogP contribution in [0, 0.1) is 5.41 Å². The van der Waals surface area contributed by atoms with E-state index in [4.69, 9.17) is 25.8 Å². The van der Waals surface area contributed by atoms with Crippen LogP contribution in [0.25, 0.3) is 11.4 Å². The summed E-state index contributed by atoms with van der Waals surface area (Å²) in [6, 6.07) is 11.6. The zero-order chi connectivity index (χ0) is 22.3. The van der Waals surface area contributed by atoms with Crippen molar-refractivity contribution in [1.29, 1.82) is 5.41 Å². The van der Waals surface area contributed by atoms with Gasteiger partial charge in [0.15, 0.2) is 5.82 Å². The average Bonchev–Trinajstić information content (AvgIpc) is 3.65. The van der Waals surface area contributed by atoms with Crippen LogP contribution in [0.4, 0.5) is 11.6 Å². The van der Waals surface area contributed by atoms with Crippen LogP contribution < -0.4 is 21.1 Å². The van der Waals surface area contributed by atoms with Crippen LogP contribution in [0.15, 0.2) is 48.8 Å². The fraction of sp³-hybridized carbons (Fsp3) is 0.304. The third kappa shape index (κ3) is 5.57. The van der Waals surface area contributed by atoms with Crippen molar-refractivity contribution >= 4 is 17.9 Å². The second-order valence-electron chi connectivity index (χ2n) is 7.66. The molecule has 2 aromatic heterocycles. The highest BCUT2D eigenvalue weighted by atomic mass is 16.5. The maximum Gasteiger partial charge on any atom is 0.164 e. The molecule has 166 valence electrons. The molecule has 2 heterocycles. The van der Waals surface area contributed by atoms with E-state index in [1.54, 1.807) is 12.4 Å². The van der Waals surface area contributed by atoms with E-state index in [0.29, 0.717) is 41.4 Å². The molecule has 0 amide bonds. The van der Waals surface area contributed by atoms with Crippen molar-refractivity contribution in [3.05, 3.63) is 59.9 Å². The molecule has 4 rings (SSSR count). The predicted molar refractivity (Wildman–Crippen MR) is 124 cm³/mol. The zero-order valence-electron chi connectivity index (χ0n) is 17.7. The van der Waals surface area contributed by atoms with Gasteiger partial charge in [-0.3, -0.25) is 4.98 Å². The van der Waals surface area contributed by atoms with Crippen LogP contribution in [0.3, 0.4) is 0 Å². The number of ether oxygens (including phenoxy) is 1. The van der Waals surface area contributed by atoms with Gasteiger partial charge in [-0.1, -0.05) is 12.1 Å². The quantitative estimate of drug-likeness (QED) is 0.290. The molecular formula is C23H27N7O2. The number of benzene rings is 1. The van der Waals surface area contributed by atoms with Gasteiger partial charge in [-0.25, -0.2) is 9.97 Å². The van der Waals surface area contributed by atoms with Crippen LogP contribution in [-0.4, -0.2) is 51.6 Å². The SMILES string of the molecule is N=Cc1c(NCc2ccncc2)nc(-c2cccc(OCC(O)CN)c2)nc1NC1CC1. The Hall–Kier alpha value is -3.56. The molecule has 0 aliphatic heterocycles. The summed E-state index contributed by atoms with van der Waals surface area (Å²) in [5, 5.41) is 24.4. The monoisotopic (exact) mass is 433 g/mol. The molecule has 1 saturated carbocycles. The fourth-order valence-corrected chi connectivity index (χ4v) is 3.07. The molecule has 32 heavy (non-hydrogen) atoms. The Kier molecular flexibility index (Phi) is 6.88. The number of hydrogen-bond donors (Lipinski definition) is 5. The van der Waals surface area contributed by atoms with Gasteiger partial charge in [0.05, 0.1) is 5.56 Å². The average molecular weight is 434 g/mol. The highest BCUT2D eigenvalue weighted by Gasteiger charge is 2.24. The Morgan fingerprint density at radius 3 is 2.69 bits per heavy atom. The molecule has 0 spiro atoms. The van der Waals surface area contributed by atoms with Gasteiger partial charge in [0, 0.05) is 43.3 Å². The number of aromatic nitrogens is 3. The molecule has 9 nitrogen and oxygen atoms in total. The Morgan fingerprint density at radius 2 is 1.97 bits per heavy atom. The number of pyridine rings is 1. The molecule has 1 unspecified atom stereocenters. The van der Waals surface area contributed by atoms with Gasteiger partial charge in [0.25, 0.3) is 0 Å². The van der Waals surface area contributed by atoms with Gasteiger partial charge < -0.3 is 31.6 Å². The molecule has 1 fully saturated rings. The first-order valence-electron chi connectivity index (χ1n) is 10.6. The largest absolute Gasteiger partial charge is 0.491 e. The molecule has 1 atom stereocenters. The molecule has 0 radical (unpaired) electrons. The normalized spacial score (nSPS) is 13.9. The van der Waals surface area contributed by atoms with Crippen LogP contribution in [-0.2, 0) is 6.54 Å². The van der Waals surface area contributed by atoms with E-state index in [1.807, 2.05) is 36.4 Å². The summed E-state index contributed by atoms with van der Waals surface area (Å²) in [7, 11) is 0. The Bertz CT molecular complexity index is 1060. The van der Waals surface area contributed by atoms with E-state index in [-0.39, 0.29) is 13.2 Å². The Balaban J connectivity index is 1.64. The number of anilines is 2. The number of aliphatic hydroxyl groups excluding tert-OH is 1. The molecule has 0 bridgehead atoms. The summed E-state index contributed by atoms with van der Waals surface area (Å²) in [5.74, 6) is 2.32. The minimum absolute atomic E-state index is 0.112. The van der Waals surface area contributed by atoms with E-state index < -0.39 is 6.10 Å². The topological polar surface area (TPSA) is 142 Å². The van der Waals surface area contributed by atoms with Crippen LogP contribution in [0.1, 0.15) is 24.0 Å². The Labute approximate surface area is 186 Å². The highest BCUT2D eigenvalue weighted by Crippen LogP contribution is 2.31. The minimum Gasteiger partial charge on any atom is -0.491 e.